The Morgan fingerprint density at radius 3 is 2.38 bits per heavy atom. The maximum Gasteiger partial charge on any atom is 0.0738 e. The molecule has 0 radical (unpaired) electrons. The number of hydrogen-bond acceptors (Lipinski definition) is 1. The van der Waals surface area contributed by atoms with Gasteiger partial charge in [0.25, 0.3) is 0 Å². The third kappa shape index (κ3) is 4.19. The van der Waals surface area contributed by atoms with E-state index in [1.807, 2.05) is 0 Å². The molecule has 0 aliphatic carbocycles. The van der Waals surface area contributed by atoms with Gasteiger partial charge in [-0.25, -0.2) is 0 Å². The van der Waals surface area contributed by atoms with Crippen LogP contribution in [0.2, 0.25) is 0 Å². The molecule has 0 N–H and O–H groups in total. The number of nitrogens with zero attached hydrogens (tertiary/aromatic N) is 2. The number of rotatable bonds is 6. The summed E-state index contributed by atoms with van der Waals surface area (Å²) in [6, 6.07) is 8.86. The summed E-state index contributed by atoms with van der Waals surface area (Å²) in [5, 5.41) is 5.59. The summed E-state index contributed by atoms with van der Waals surface area (Å²) in [5.41, 5.74) is 5.11. The summed E-state index contributed by atoms with van der Waals surface area (Å²) in [6.45, 7) is 7.25. The monoisotopic (exact) mass is 412 g/mol. The van der Waals surface area contributed by atoms with Crippen LogP contribution in [0.3, 0.4) is 0 Å². The summed E-state index contributed by atoms with van der Waals surface area (Å²) in [5.74, 6) is 0.574. The van der Waals surface area contributed by atoms with Gasteiger partial charge in [-0.15, -0.1) is 0 Å². The molecule has 4 heteroatoms. The lowest BCUT2D eigenvalue weighted by molar-refractivity contribution is 0.535. The summed E-state index contributed by atoms with van der Waals surface area (Å²) in [4.78, 5) is 0. The number of aryl methyl sites for hydroxylation is 3. The van der Waals surface area contributed by atoms with Crippen molar-refractivity contribution in [1.29, 1.82) is 0 Å². The van der Waals surface area contributed by atoms with Crippen LogP contribution in [0.25, 0.3) is 0 Å². The Bertz CT molecular complexity index is 588. The lowest BCUT2D eigenvalue weighted by Gasteiger charge is -2.15. The summed E-state index contributed by atoms with van der Waals surface area (Å²) in [7, 11) is 0. The van der Waals surface area contributed by atoms with Gasteiger partial charge in [0.15, 0.2) is 0 Å². The van der Waals surface area contributed by atoms with E-state index in [1.54, 1.807) is 0 Å². The predicted octanol–water partition coefficient (Wildman–Crippen LogP) is 5.08. The molecule has 0 saturated carbocycles. The Morgan fingerprint density at radius 2 is 1.81 bits per heavy atom. The molecule has 1 atom stereocenters. The van der Waals surface area contributed by atoms with Crippen LogP contribution in [-0.2, 0) is 19.4 Å². The molecule has 114 valence electrons. The highest BCUT2D eigenvalue weighted by Gasteiger charge is 2.17. The van der Waals surface area contributed by atoms with E-state index in [-0.39, 0.29) is 0 Å². The maximum atomic E-state index is 4.59. The van der Waals surface area contributed by atoms with Gasteiger partial charge in [0, 0.05) is 11.9 Å². The van der Waals surface area contributed by atoms with E-state index in [2.05, 4.69) is 86.7 Å². The molecule has 0 fully saturated rings. The molecule has 2 nitrogen and oxygen atoms in total. The fourth-order valence-corrected chi connectivity index (χ4v) is 3.48. The molecule has 1 aromatic carbocycles. The van der Waals surface area contributed by atoms with Gasteiger partial charge in [-0.3, -0.25) is 4.68 Å². The van der Waals surface area contributed by atoms with Crippen LogP contribution in [-0.4, -0.2) is 15.1 Å². The van der Waals surface area contributed by atoms with Crippen molar-refractivity contribution in [1.82, 2.24) is 9.78 Å². The average molecular weight is 414 g/mol. The lowest BCUT2D eigenvalue weighted by Crippen LogP contribution is -2.14. The zero-order valence-electron chi connectivity index (χ0n) is 12.9. The Kier molecular flexibility index (Phi) is 6.06. The third-order valence-electron chi connectivity index (χ3n) is 3.80. The van der Waals surface area contributed by atoms with E-state index in [9.17, 15) is 0 Å². The SMILES string of the molecule is CCn1nc(C)c(Br)c1CC(CBr)Cc1ccc(C)cc1. The molecule has 0 bridgehead atoms. The van der Waals surface area contributed by atoms with Crippen molar-refractivity contribution in [2.75, 3.05) is 5.33 Å². The van der Waals surface area contributed by atoms with Crippen LogP contribution >= 0.6 is 31.9 Å². The second kappa shape index (κ2) is 7.59. The normalized spacial score (nSPS) is 12.6. The van der Waals surface area contributed by atoms with Crippen molar-refractivity contribution >= 4 is 31.9 Å². The van der Waals surface area contributed by atoms with Crippen LogP contribution < -0.4 is 0 Å². The molecule has 1 aromatic heterocycles. The van der Waals surface area contributed by atoms with Crippen molar-refractivity contribution in [3.8, 4) is 0 Å². The van der Waals surface area contributed by atoms with Gasteiger partial charge in [-0.2, -0.15) is 5.10 Å². The molecule has 0 amide bonds. The molecule has 1 unspecified atom stereocenters. The smallest absolute Gasteiger partial charge is 0.0738 e. The first-order chi connectivity index (χ1) is 10.0. The van der Waals surface area contributed by atoms with Crippen molar-refractivity contribution < 1.29 is 0 Å². The van der Waals surface area contributed by atoms with Crippen molar-refractivity contribution in [2.24, 2.45) is 5.92 Å². The predicted molar refractivity (Wildman–Crippen MR) is 96.2 cm³/mol. The Hall–Kier alpha value is -0.610. The second-order valence-corrected chi connectivity index (χ2v) is 7.02. The van der Waals surface area contributed by atoms with Gasteiger partial charge in [0.05, 0.1) is 15.9 Å². The zero-order chi connectivity index (χ0) is 15.4. The quantitative estimate of drug-likeness (QED) is 0.603. The number of hydrogen-bond donors (Lipinski definition) is 0. The fourth-order valence-electron chi connectivity index (χ4n) is 2.58. The highest BCUT2D eigenvalue weighted by Crippen LogP contribution is 2.26. The van der Waals surface area contributed by atoms with E-state index in [0.717, 1.165) is 30.4 Å². The lowest BCUT2D eigenvalue weighted by atomic mass is 9.96. The van der Waals surface area contributed by atoms with Gasteiger partial charge in [-0.05, 0) is 61.0 Å². The van der Waals surface area contributed by atoms with Crippen molar-refractivity contribution in [2.45, 2.75) is 40.2 Å². The summed E-state index contributed by atoms with van der Waals surface area (Å²) in [6.07, 6.45) is 2.13. The first-order valence-corrected chi connectivity index (χ1v) is 9.29. The minimum atomic E-state index is 0.574. The Balaban J connectivity index is 2.14. The van der Waals surface area contributed by atoms with E-state index in [1.165, 1.54) is 21.3 Å². The highest BCUT2D eigenvalue weighted by molar-refractivity contribution is 9.10. The molecule has 2 aromatic rings. The first-order valence-electron chi connectivity index (χ1n) is 7.38. The number of aromatic nitrogens is 2. The van der Waals surface area contributed by atoms with Gasteiger partial charge < -0.3 is 0 Å². The average Bonchev–Trinajstić information content (AvgIpc) is 2.76. The third-order valence-corrected chi connectivity index (χ3v) is 5.75. The fraction of sp³-hybridized carbons (Fsp3) is 0.471. The van der Waals surface area contributed by atoms with Crippen LogP contribution in [0.15, 0.2) is 28.7 Å². The molecule has 0 spiro atoms. The minimum absolute atomic E-state index is 0.574. The number of benzene rings is 1. The van der Waals surface area contributed by atoms with Crippen molar-refractivity contribution in [3.05, 3.63) is 51.3 Å². The van der Waals surface area contributed by atoms with Crippen LogP contribution in [0.5, 0.6) is 0 Å². The molecule has 0 aliphatic heterocycles. The van der Waals surface area contributed by atoms with Gasteiger partial charge in [-0.1, -0.05) is 45.8 Å². The van der Waals surface area contributed by atoms with Crippen LogP contribution in [0, 0.1) is 19.8 Å². The Labute approximate surface area is 144 Å². The largest absolute Gasteiger partial charge is 0.268 e. The van der Waals surface area contributed by atoms with E-state index in [4.69, 9.17) is 0 Å². The summed E-state index contributed by atoms with van der Waals surface area (Å²) >= 11 is 7.37. The number of alkyl halides is 1. The topological polar surface area (TPSA) is 17.8 Å². The molecular weight excluding hydrogens is 392 g/mol. The van der Waals surface area contributed by atoms with Gasteiger partial charge in [0.1, 0.15) is 0 Å². The molecule has 1 heterocycles. The molecular formula is C17H22Br2N2. The van der Waals surface area contributed by atoms with Gasteiger partial charge in [0.2, 0.25) is 0 Å². The second-order valence-electron chi connectivity index (χ2n) is 5.58. The maximum absolute atomic E-state index is 4.59. The molecule has 0 aliphatic rings. The highest BCUT2D eigenvalue weighted by atomic mass is 79.9. The first kappa shape index (κ1) is 16.8. The summed E-state index contributed by atoms with van der Waals surface area (Å²) < 4.78 is 3.28. The van der Waals surface area contributed by atoms with E-state index in [0.29, 0.717) is 5.92 Å². The standard InChI is InChI=1S/C17H22Br2N2/c1-4-21-16(17(19)13(3)20-21)10-15(11-18)9-14-7-5-12(2)6-8-14/h5-8,15H,4,9-11H2,1-3H3. The van der Waals surface area contributed by atoms with Crippen molar-refractivity contribution in [3.63, 3.8) is 0 Å². The van der Waals surface area contributed by atoms with Crippen LogP contribution in [0.1, 0.15) is 29.4 Å². The van der Waals surface area contributed by atoms with E-state index < -0.39 is 0 Å². The number of halogens is 2. The molecule has 0 saturated heterocycles. The minimum Gasteiger partial charge on any atom is -0.268 e. The Morgan fingerprint density at radius 1 is 1.14 bits per heavy atom. The molecule has 21 heavy (non-hydrogen) atoms. The van der Waals surface area contributed by atoms with Gasteiger partial charge >= 0.3 is 0 Å². The molecule has 2 rings (SSSR count). The van der Waals surface area contributed by atoms with Crippen LogP contribution in [0.4, 0.5) is 0 Å². The van der Waals surface area contributed by atoms with E-state index >= 15 is 0 Å². The zero-order valence-corrected chi connectivity index (χ0v) is 16.0.